The molecule has 0 bridgehead atoms. The second-order valence-corrected chi connectivity index (χ2v) is 7.09. The number of ether oxygens (including phenoxy) is 2. The molecule has 0 saturated carbocycles. The van der Waals surface area contributed by atoms with Crippen LogP contribution in [0.1, 0.15) is 11.1 Å². The van der Waals surface area contributed by atoms with Gasteiger partial charge in [-0.05, 0) is 42.3 Å². The molecule has 150 valence electrons. The lowest BCUT2D eigenvalue weighted by Crippen LogP contribution is -2.25. The predicted octanol–water partition coefficient (Wildman–Crippen LogP) is 1.83. The summed E-state index contributed by atoms with van der Waals surface area (Å²) in [6.07, 6.45) is 1.52. The zero-order valence-corrected chi connectivity index (χ0v) is 16.1. The van der Waals surface area contributed by atoms with Gasteiger partial charge in [-0.2, -0.15) is 4.68 Å². The Morgan fingerprint density at radius 2 is 2.00 bits per heavy atom. The number of nitrogens with zero attached hydrogens (tertiary/aromatic N) is 5. The van der Waals surface area contributed by atoms with E-state index in [1.165, 1.54) is 15.6 Å². The van der Waals surface area contributed by atoms with Gasteiger partial charge >= 0.3 is 0 Å². The standard InChI is InChI=1S/C21H17N5O4/c1-13-3-2-4-15(7-13)26-20-19(23-24-26)21(28)25(11-22-20)10-16(27)8-14-5-6-17-18(9-14)30-12-29-17/h2-7,9,11H,8,10,12H2,1H3. The molecule has 9 nitrogen and oxygen atoms in total. The summed E-state index contributed by atoms with van der Waals surface area (Å²) in [5.74, 6) is 1.14. The van der Waals surface area contributed by atoms with Crippen molar-refractivity contribution >= 4 is 16.9 Å². The number of benzene rings is 2. The van der Waals surface area contributed by atoms with Crippen molar-refractivity contribution in [2.24, 2.45) is 0 Å². The van der Waals surface area contributed by atoms with Crippen LogP contribution in [0.25, 0.3) is 16.9 Å². The summed E-state index contributed by atoms with van der Waals surface area (Å²) < 4.78 is 13.4. The number of aromatic nitrogens is 5. The van der Waals surface area contributed by atoms with E-state index in [2.05, 4.69) is 15.3 Å². The van der Waals surface area contributed by atoms with Crippen molar-refractivity contribution in [3.05, 3.63) is 70.3 Å². The summed E-state index contributed by atoms with van der Waals surface area (Å²) in [5, 5.41) is 8.06. The van der Waals surface area contributed by atoms with Crippen molar-refractivity contribution in [3.8, 4) is 17.2 Å². The molecule has 30 heavy (non-hydrogen) atoms. The maximum Gasteiger partial charge on any atom is 0.283 e. The highest BCUT2D eigenvalue weighted by molar-refractivity contribution is 5.81. The highest BCUT2D eigenvalue weighted by atomic mass is 16.7. The number of hydrogen-bond acceptors (Lipinski definition) is 7. The van der Waals surface area contributed by atoms with E-state index in [4.69, 9.17) is 9.47 Å². The molecule has 1 aliphatic rings. The number of carbonyl (C=O) groups excluding carboxylic acids is 1. The molecule has 3 heterocycles. The van der Waals surface area contributed by atoms with Crippen molar-refractivity contribution in [2.75, 3.05) is 6.79 Å². The minimum absolute atomic E-state index is 0.104. The Kier molecular flexibility index (Phi) is 4.27. The molecule has 0 atom stereocenters. The summed E-state index contributed by atoms with van der Waals surface area (Å²) in [4.78, 5) is 29.7. The minimum Gasteiger partial charge on any atom is -0.454 e. The fourth-order valence-corrected chi connectivity index (χ4v) is 3.41. The Labute approximate surface area is 170 Å². The van der Waals surface area contributed by atoms with Crippen LogP contribution in [0.2, 0.25) is 0 Å². The highest BCUT2D eigenvalue weighted by Crippen LogP contribution is 2.32. The van der Waals surface area contributed by atoms with Crippen molar-refractivity contribution in [2.45, 2.75) is 19.9 Å². The normalized spacial score (nSPS) is 12.4. The minimum atomic E-state index is -0.405. The SMILES string of the molecule is Cc1cccc(-n2nnc3c(=O)n(CC(=O)Cc4ccc5c(c4)OCO5)cnc32)c1. The van der Waals surface area contributed by atoms with Gasteiger partial charge in [0.25, 0.3) is 5.56 Å². The third-order valence-corrected chi connectivity index (χ3v) is 4.86. The molecular weight excluding hydrogens is 386 g/mol. The second-order valence-electron chi connectivity index (χ2n) is 7.09. The first-order valence-electron chi connectivity index (χ1n) is 9.36. The van der Waals surface area contributed by atoms with Crippen LogP contribution in [0, 0.1) is 6.92 Å². The number of carbonyl (C=O) groups is 1. The van der Waals surface area contributed by atoms with E-state index >= 15 is 0 Å². The van der Waals surface area contributed by atoms with Crippen LogP contribution in [0.4, 0.5) is 0 Å². The Balaban J connectivity index is 1.39. The molecule has 5 rings (SSSR count). The molecule has 2 aromatic carbocycles. The Morgan fingerprint density at radius 3 is 2.87 bits per heavy atom. The molecule has 0 unspecified atom stereocenters. The summed E-state index contributed by atoms with van der Waals surface area (Å²) in [6, 6.07) is 13.0. The van der Waals surface area contributed by atoms with Crippen LogP contribution in [0.3, 0.4) is 0 Å². The number of fused-ring (bicyclic) bond motifs is 2. The van der Waals surface area contributed by atoms with Gasteiger partial charge in [-0.15, -0.1) is 5.10 Å². The van der Waals surface area contributed by atoms with Gasteiger partial charge in [-0.25, -0.2) is 4.98 Å². The number of Topliss-reactive ketones (excluding diaryl/α,β-unsaturated/α-hetero) is 1. The van der Waals surface area contributed by atoms with Crippen molar-refractivity contribution in [1.82, 2.24) is 24.5 Å². The van der Waals surface area contributed by atoms with Gasteiger partial charge in [0.2, 0.25) is 6.79 Å². The van der Waals surface area contributed by atoms with Crippen LogP contribution >= 0.6 is 0 Å². The van der Waals surface area contributed by atoms with E-state index in [0.29, 0.717) is 17.1 Å². The lowest BCUT2D eigenvalue weighted by Gasteiger charge is -2.06. The van der Waals surface area contributed by atoms with Crippen molar-refractivity contribution in [1.29, 1.82) is 0 Å². The average Bonchev–Trinajstić information content (AvgIpc) is 3.37. The van der Waals surface area contributed by atoms with Gasteiger partial charge in [0, 0.05) is 6.42 Å². The fraction of sp³-hybridized carbons (Fsp3) is 0.190. The molecule has 0 radical (unpaired) electrons. The number of hydrogen-bond donors (Lipinski definition) is 0. The topological polar surface area (TPSA) is 101 Å². The maximum atomic E-state index is 12.8. The van der Waals surface area contributed by atoms with Crippen LogP contribution in [0.5, 0.6) is 11.5 Å². The molecular formula is C21H17N5O4. The fourth-order valence-electron chi connectivity index (χ4n) is 3.41. The van der Waals surface area contributed by atoms with E-state index < -0.39 is 5.56 Å². The molecule has 4 aromatic rings. The number of ketones is 1. The first kappa shape index (κ1) is 18.0. The highest BCUT2D eigenvalue weighted by Gasteiger charge is 2.17. The van der Waals surface area contributed by atoms with Crippen LogP contribution in [-0.2, 0) is 17.8 Å². The number of rotatable bonds is 5. The molecule has 0 N–H and O–H groups in total. The summed E-state index contributed by atoms with van der Waals surface area (Å²) in [7, 11) is 0. The van der Waals surface area contributed by atoms with Gasteiger partial charge in [0.15, 0.2) is 28.4 Å². The smallest absolute Gasteiger partial charge is 0.283 e. The van der Waals surface area contributed by atoms with Gasteiger partial charge in [0.05, 0.1) is 12.2 Å². The Morgan fingerprint density at radius 1 is 1.13 bits per heavy atom. The zero-order valence-electron chi connectivity index (χ0n) is 16.1. The molecule has 1 aliphatic heterocycles. The molecule has 2 aromatic heterocycles. The largest absolute Gasteiger partial charge is 0.454 e. The second kappa shape index (κ2) is 7.11. The Bertz CT molecular complexity index is 1340. The van der Waals surface area contributed by atoms with E-state index in [0.717, 1.165) is 16.8 Å². The van der Waals surface area contributed by atoms with E-state index in [-0.39, 0.29) is 31.1 Å². The third kappa shape index (κ3) is 3.20. The summed E-state index contributed by atoms with van der Waals surface area (Å²) >= 11 is 0. The van der Waals surface area contributed by atoms with Crippen LogP contribution in [0.15, 0.2) is 53.6 Å². The van der Waals surface area contributed by atoms with Gasteiger partial charge < -0.3 is 9.47 Å². The lowest BCUT2D eigenvalue weighted by atomic mass is 10.1. The Hall–Kier alpha value is -4.01. The van der Waals surface area contributed by atoms with E-state index in [1.807, 2.05) is 37.3 Å². The molecule has 0 fully saturated rings. The molecule has 9 heteroatoms. The molecule has 0 spiro atoms. The third-order valence-electron chi connectivity index (χ3n) is 4.86. The predicted molar refractivity (Wildman–Crippen MR) is 107 cm³/mol. The van der Waals surface area contributed by atoms with Crippen LogP contribution < -0.4 is 15.0 Å². The molecule has 0 amide bonds. The first-order valence-corrected chi connectivity index (χ1v) is 9.36. The van der Waals surface area contributed by atoms with Crippen molar-refractivity contribution in [3.63, 3.8) is 0 Å². The quantitative estimate of drug-likeness (QED) is 0.501. The van der Waals surface area contributed by atoms with Gasteiger partial charge in [-0.1, -0.05) is 23.4 Å². The average molecular weight is 403 g/mol. The van der Waals surface area contributed by atoms with Crippen molar-refractivity contribution < 1.29 is 14.3 Å². The monoisotopic (exact) mass is 403 g/mol. The van der Waals surface area contributed by atoms with E-state index in [9.17, 15) is 9.59 Å². The number of aryl methyl sites for hydroxylation is 1. The summed E-state index contributed by atoms with van der Waals surface area (Å²) in [5.41, 5.74) is 2.68. The summed E-state index contributed by atoms with van der Waals surface area (Å²) in [6.45, 7) is 2.04. The van der Waals surface area contributed by atoms with Gasteiger partial charge in [0.1, 0.15) is 6.33 Å². The van der Waals surface area contributed by atoms with E-state index in [1.54, 1.807) is 12.1 Å². The lowest BCUT2D eigenvalue weighted by molar-refractivity contribution is -0.119. The van der Waals surface area contributed by atoms with Gasteiger partial charge in [-0.3, -0.25) is 14.2 Å². The zero-order chi connectivity index (χ0) is 20.7. The van der Waals surface area contributed by atoms with Crippen LogP contribution in [-0.4, -0.2) is 37.1 Å². The first-order chi connectivity index (χ1) is 14.6. The maximum absolute atomic E-state index is 12.8. The molecule has 0 saturated heterocycles. The molecule has 0 aliphatic carbocycles.